The van der Waals surface area contributed by atoms with Gasteiger partial charge in [-0.1, -0.05) is 0 Å². The van der Waals surface area contributed by atoms with E-state index in [1.165, 1.54) is 0 Å². The van der Waals surface area contributed by atoms with E-state index in [2.05, 4.69) is 20.2 Å². The Hall–Kier alpha value is -0.640. The van der Waals surface area contributed by atoms with E-state index in [0.717, 1.165) is 30.9 Å². The van der Waals surface area contributed by atoms with Crippen molar-refractivity contribution < 1.29 is 36.5 Å². The average molecular weight is 296 g/mol. The molecule has 0 saturated heterocycles. The van der Waals surface area contributed by atoms with Crippen LogP contribution in [0.3, 0.4) is 0 Å². The molecule has 0 aliphatic heterocycles. The van der Waals surface area contributed by atoms with Crippen LogP contribution in [0.25, 0.3) is 0 Å². The number of carboxylic acid groups (broad SMARTS) is 1. The Bertz CT molecular complexity index is 211. The van der Waals surface area contributed by atoms with Gasteiger partial charge in [-0.2, -0.15) is 5.26 Å². The fourth-order valence-corrected chi connectivity index (χ4v) is 0.969. The number of likely N-dealkylation sites (N-methyl/N-ethyl adjacent to an activating group) is 1. The van der Waals surface area contributed by atoms with Crippen LogP contribution >= 0.6 is 0 Å². The molecular weight excluding hydrogens is 276 g/mol. The summed E-state index contributed by atoms with van der Waals surface area (Å²) >= 11 is 0. The van der Waals surface area contributed by atoms with Gasteiger partial charge in [0.1, 0.15) is 6.54 Å². The molecule has 0 amide bonds. The van der Waals surface area contributed by atoms with Gasteiger partial charge in [-0.3, -0.25) is 0 Å². The second-order valence-electron chi connectivity index (χ2n) is 3.86. The molecule has 0 unspecified atom stereocenters. The molecule has 0 aromatic rings. The predicted octanol–water partition coefficient (Wildman–Crippen LogP) is -3.88. The van der Waals surface area contributed by atoms with E-state index in [0.29, 0.717) is 6.42 Å². The van der Waals surface area contributed by atoms with E-state index in [1.54, 1.807) is 0 Å². The van der Waals surface area contributed by atoms with Crippen LogP contribution in [0.15, 0.2) is 0 Å². The van der Waals surface area contributed by atoms with E-state index >= 15 is 0 Å². The van der Waals surface area contributed by atoms with Crippen molar-refractivity contribution in [3.63, 3.8) is 0 Å². The molecule has 0 atom stereocenters. The number of carbonyl (C=O) groups excluding carboxylic acids is 1. The molecular formula is C10H20BrN2O3-. The van der Waals surface area contributed by atoms with Crippen molar-refractivity contribution in [2.24, 2.45) is 0 Å². The van der Waals surface area contributed by atoms with Crippen LogP contribution in [0, 0.1) is 11.3 Å². The van der Waals surface area contributed by atoms with Crippen LogP contribution in [-0.4, -0.2) is 49.4 Å². The summed E-state index contributed by atoms with van der Waals surface area (Å²) in [6.07, 6.45) is 1.54. The lowest BCUT2D eigenvalue weighted by Crippen LogP contribution is -3.00. The van der Waals surface area contributed by atoms with Crippen molar-refractivity contribution in [3.8, 4) is 6.07 Å². The predicted molar refractivity (Wildman–Crippen MR) is 54.5 cm³/mol. The van der Waals surface area contributed by atoms with Crippen molar-refractivity contribution in [3.05, 3.63) is 0 Å². The fraction of sp³-hybridized carbons (Fsp3) is 0.800. The van der Waals surface area contributed by atoms with Gasteiger partial charge < -0.3 is 36.5 Å². The molecule has 0 aromatic carbocycles. The van der Waals surface area contributed by atoms with Gasteiger partial charge in [-0.25, -0.2) is 0 Å². The number of aliphatic hydroxyl groups excluding tert-OH is 1. The van der Waals surface area contributed by atoms with Gasteiger partial charge in [0.05, 0.1) is 33.3 Å². The largest absolute Gasteiger partial charge is 1.00 e. The Morgan fingerprint density at radius 3 is 2.19 bits per heavy atom. The lowest BCUT2D eigenvalue weighted by atomic mass is 10.3. The van der Waals surface area contributed by atoms with Crippen molar-refractivity contribution in [1.29, 1.82) is 5.26 Å². The number of nitrogens with zero attached hydrogens (tertiary/aromatic N) is 2. The van der Waals surface area contributed by atoms with Crippen LogP contribution in [0.4, 0.5) is 0 Å². The number of hydrogen-bond acceptors (Lipinski definition) is 4. The number of quaternary nitrogens is 1. The van der Waals surface area contributed by atoms with Gasteiger partial charge in [-0.05, 0) is 6.92 Å². The lowest BCUT2D eigenvalue weighted by molar-refractivity contribution is -0.890. The highest BCUT2D eigenvalue weighted by Gasteiger charge is 2.12. The lowest BCUT2D eigenvalue weighted by Gasteiger charge is -2.28. The van der Waals surface area contributed by atoms with Gasteiger partial charge in [0, 0.05) is 18.8 Å². The standard InChI is InChI=1S/C8H17N2O.C2H4O2.BrH/c1-10(2,7-8-11)6-4-3-5-9;1-2(3)4;/h11H,3-4,6-8H2,1-2H3;1H3,(H,3,4);1H/q+1;;/p-2. The second-order valence-corrected chi connectivity index (χ2v) is 3.86. The monoisotopic (exact) mass is 295 g/mol. The fourth-order valence-electron chi connectivity index (χ4n) is 0.969. The Morgan fingerprint density at radius 2 is 1.88 bits per heavy atom. The minimum Gasteiger partial charge on any atom is -1.00 e. The summed E-state index contributed by atoms with van der Waals surface area (Å²) in [5, 5.41) is 25.9. The number of aliphatic hydroxyl groups is 1. The van der Waals surface area contributed by atoms with Gasteiger partial charge in [0.2, 0.25) is 0 Å². The Labute approximate surface area is 108 Å². The summed E-state index contributed by atoms with van der Waals surface area (Å²) in [4.78, 5) is 8.89. The molecule has 0 fully saturated rings. The van der Waals surface area contributed by atoms with Gasteiger partial charge in [-0.15, -0.1) is 0 Å². The molecule has 5 nitrogen and oxygen atoms in total. The summed E-state index contributed by atoms with van der Waals surface area (Å²) < 4.78 is 0.804. The molecule has 0 bridgehead atoms. The highest BCUT2D eigenvalue weighted by atomic mass is 79.9. The van der Waals surface area contributed by atoms with Crippen molar-refractivity contribution >= 4 is 5.97 Å². The molecule has 0 aromatic heterocycles. The summed E-state index contributed by atoms with van der Waals surface area (Å²) in [7, 11) is 4.13. The van der Waals surface area contributed by atoms with Crippen LogP contribution in [0.1, 0.15) is 19.8 Å². The Morgan fingerprint density at radius 1 is 1.44 bits per heavy atom. The van der Waals surface area contributed by atoms with Crippen LogP contribution in [0.2, 0.25) is 0 Å². The molecule has 0 saturated carbocycles. The molecule has 1 N–H and O–H groups in total. The minimum absolute atomic E-state index is 0. The molecule has 0 spiro atoms. The van der Waals surface area contributed by atoms with Crippen LogP contribution in [0.5, 0.6) is 0 Å². The minimum atomic E-state index is -1.08. The van der Waals surface area contributed by atoms with E-state index in [1.807, 2.05) is 0 Å². The number of nitriles is 1. The zero-order valence-electron chi connectivity index (χ0n) is 10.1. The van der Waals surface area contributed by atoms with Crippen LogP contribution in [-0.2, 0) is 4.79 Å². The van der Waals surface area contributed by atoms with E-state index in [-0.39, 0.29) is 23.6 Å². The molecule has 6 heteroatoms. The van der Waals surface area contributed by atoms with Crippen LogP contribution < -0.4 is 22.1 Å². The maximum Gasteiger partial charge on any atom is 0.102 e. The third-order valence-electron chi connectivity index (χ3n) is 1.76. The zero-order chi connectivity index (χ0) is 12.3. The van der Waals surface area contributed by atoms with Gasteiger partial charge >= 0.3 is 0 Å². The summed E-state index contributed by atoms with van der Waals surface area (Å²) in [6, 6.07) is 2.11. The van der Waals surface area contributed by atoms with E-state index < -0.39 is 5.97 Å². The number of halogens is 1. The highest BCUT2D eigenvalue weighted by molar-refractivity contribution is 5.60. The van der Waals surface area contributed by atoms with E-state index in [4.69, 9.17) is 20.3 Å². The molecule has 96 valence electrons. The Balaban J connectivity index is -0.000000292. The summed E-state index contributed by atoms with van der Waals surface area (Å²) in [6.45, 7) is 2.93. The molecule has 0 radical (unpaired) electrons. The first kappa shape index (κ1) is 20.7. The number of hydrogen-bond donors (Lipinski definition) is 1. The molecule has 0 aliphatic carbocycles. The summed E-state index contributed by atoms with van der Waals surface area (Å²) in [5.41, 5.74) is 0. The smallest absolute Gasteiger partial charge is 0.102 e. The molecule has 0 heterocycles. The molecule has 0 aliphatic rings. The SMILES string of the molecule is CC(=O)[O-].C[N+](C)(CCO)CCCC#N.[Br-]. The first-order valence-electron chi connectivity index (χ1n) is 4.83. The quantitative estimate of drug-likeness (QED) is 0.415. The average Bonchev–Trinajstić information content (AvgIpc) is 2.03. The third-order valence-corrected chi connectivity index (χ3v) is 1.76. The number of rotatable bonds is 5. The second kappa shape index (κ2) is 12.4. The van der Waals surface area contributed by atoms with Gasteiger partial charge in [0.25, 0.3) is 0 Å². The maximum atomic E-state index is 8.89. The topological polar surface area (TPSA) is 84.2 Å². The van der Waals surface area contributed by atoms with Crippen molar-refractivity contribution in [1.82, 2.24) is 0 Å². The van der Waals surface area contributed by atoms with Crippen molar-refractivity contribution in [2.75, 3.05) is 33.8 Å². The number of aliphatic carboxylic acids is 1. The normalized spacial score (nSPS) is 9.19. The van der Waals surface area contributed by atoms with Crippen molar-refractivity contribution in [2.45, 2.75) is 19.8 Å². The summed E-state index contributed by atoms with van der Waals surface area (Å²) in [5.74, 6) is -1.08. The highest BCUT2D eigenvalue weighted by Crippen LogP contribution is 1.99. The first-order chi connectivity index (χ1) is 6.85. The van der Waals surface area contributed by atoms with E-state index in [9.17, 15) is 0 Å². The third kappa shape index (κ3) is 23.3. The first-order valence-corrected chi connectivity index (χ1v) is 4.83. The number of carboxylic acids is 1. The number of carbonyl (C=O) groups is 1. The number of unbranched alkanes of at least 4 members (excludes halogenated alkanes) is 1. The molecule has 16 heavy (non-hydrogen) atoms. The zero-order valence-corrected chi connectivity index (χ0v) is 11.7. The van der Waals surface area contributed by atoms with Gasteiger partial charge in [0.15, 0.2) is 0 Å². The molecule has 0 rings (SSSR count). The maximum absolute atomic E-state index is 8.89. The Kier molecular flexibility index (Phi) is 16.1.